The number of hydrogen-bond donors (Lipinski definition) is 1. The van der Waals surface area contributed by atoms with E-state index in [1.165, 1.54) is 19.3 Å². The molecular formula is C8H16O2. The average molecular weight is 144 g/mol. The molecule has 0 aromatic rings. The molecule has 0 aliphatic heterocycles. The van der Waals surface area contributed by atoms with Gasteiger partial charge in [0.15, 0.2) is 0 Å². The van der Waals surface area contributed by atoms with Crippen LogP contribution < -0.4 is 0 Å². The first-order valence-electron chi connectivity index (χ1n) is 4.08. The summed E-state index contributed by atoms with van der Waals surface area (Å²) in [5.74, 6) is 0. The maximum atomic E-state index is 8.88. The lowest BCUT2D eigenvalue weighted by atomic mass is 9.96. The van der Waals surface area contributed by atoms with E-state index in [2.05, 4.69) is 0 Å². The topological polar surface area (TPSA) is 29.5 Å². The van der Waals surface area contributed by atoms with Crippen LogP contribution in [0.2, 0.25) is 0 Å². The molecule has 10 heavy (non-hydrogen) atoms. The molecule has 0 bridgehead atoms. The Bertz CT molecular complexity index is 87.3. The van der Waals surface area contributed by atoms with Crippen molar-refractivity contribution in [3.63, 3.8) is 0 Å². The van der Waals surface area contributed by atoms with Crippen LogP contribution in [0.3, 0.4) is 0 Å². The van der Waals surface area contributed by atoms with E-state index < -0.39 is 0 Å². The predicted octanol–water partition coefficient (Wildman–Crippen LogP) is 1.33. The molecule has 0 amide bonds. The third-order valence-corrected chi connectivity index (χ3v) is 1.94. The van der Waals surface area contributed by atoms with Gasteiger partial charge in [0.25, 0.3) is 0 Å². The Morgan fingerprint density at radius 3 is 2.70 bits per heavy atom. The highest BCUT2D eigenvalue weighted by atomic mass is 16.5. The second-order valence-corrected chi connectivity index (χ2v) is 3.06. The molecule has 1 N–H and O–H groups in total. The second kappa shape index (κ2) is 3.94. The van der Waals surface area contributed by atoms with Crippen LogP contribution in [0.1, 0.15) is 32.6 Å². The summed E-state index contributed by atoms with van der Waals surface area (Å²) in [5, 5.41) is 8.88. The van der Waals surface area contributed by atoms with Gasteiger partial charge in [-0.2, -0.15) is 0 Å². The lowest BCUT2D eigenvalue weighted by Gasteiger charge is -2.25. The predicted molar refractivity (Wildman–Crippen MR) is 39.9 cm³/mol. The maximum Gasteiger partial charge on any atom is 0.0575 e. The van der Waals surface area contributed by atoms with Gasteiger partial charge in [0.2, 0.25) is 0 Å². The third kappa shape index (κ3) is 2.67. The molecule has 60 valence electrons. The highest BCUT2D eigenvalue weighted by molar-refractivity contribution is 4.68. The smallest absolute Gasteiger partial charge is 0.0575 e. The van der Waals surface area contributed by atoms with Gasteiger partial charge >= 0.3 is 0 Å². The molecular weight excluding hydrogens is 128 g/mol. The number of ether oxygens (including phenoxy) is 1. The first-order chi connectivity index (χ1) is 4.79. The zero-order valence-electron chi connectivity index (χ0n) is 6.55. The number of hydrogen-bond acceptors (Lipinski definition) is 2. The maximum absolute atomic E-state index is 8.88. The monoisotopic (exact) mass is 144 g/mol. The largest absolute Gasteiger partial charge is 0.393 e. The van der Waals surface area contributed by atoms with E-state index in [9.17, 15) is 0 Å². The van der Waals surface area contributed by atoms with Crippen LogP contribution in [0.5, 0.6) is 0 Å². The molecule has 1 unspecified atom stereocenters. The zero-order valence-corrected chi connectivity index (χ0v) is 6.55. The van der Waals surface area contributed by atoms with Crippen LogP contribution in [-0.2, 0) is 4.74 Å². The third-order valence-electron chi connectivity index (χ3n) is 1.94. The van der Waals surface area contributed by atoms with E-state index in [0.29, 0.717) is 6.10 Å². The van der Waals surface area contributed by atoms with E-state index in [4.69, 9.17) is 9.84 Å². The highest BCUT2D eigenvalue weighted by Gasteiger charge is 2.17. The van der Waals surface area contributed by atoms with Gasteiger partial charge in [-0.25, -0.2) is 0 Å². The molecule has 0 saturated heterocycles. The van der Waals surface area contributed by atoms with Gasteiger partial charge in [0, 0.05) is 6.61 Å². The molecule has 0 spiro atoms. The Labute approximate surface area is 62.2 Å². The minimum atomic E-state index is -0.208. The summed E-state index contributed by atoms with van der Waals surface area (Å²) < 4.78 is 5.43. The van der Waals surface area contributed by atoms with Crippen molar-refractivity contribution in [1.82, 2.24) is 0 Å². The SMILES string of the molecule is CC(O)CCOC1CCC1. The van der Waals surface area contributed by atoms with Crippen molar-refractivity contribution in [3.8, 4) is 0 Å². The molecule has 0 heterocycles. The molecule has 1 saturated carbocycles. The molecule has 1 rings (SSSR count). The fourth-order valence-electron chi connectivity index (χ4n) is 0.943. The number of aliphatic hydroxyl groups is 1. The Kier molecular flexibility index (Phi) is 3.16. The molecule has 2 heteroatoms. The van der Waals surface area contributed by atoms with Gasteiger partial charge in [0.05, 0.1) is 12.2 Å². The standard InChI is InChI=1S/C8H16O2/c1-7(9)5-6-10-8-3-2-4-8/h7-9H,2-6H2,1H3. The summed E-state index contributed by atoms with van der Waals surface area (Å²) in [6, 6.07) is 0. The van der Waals surface area contributed by atoms with Crippen molar-refractivity contribution < 1.29 is 9.84 Å². The van der Waals surface area contributed by atoms with Crippen molar-refractivity contribution in [2.45, 2.75) is 44.8 Å². The van der Waals surface area contributed by atoms with Crippen LogP contribution in [0.25, 0.3) is 0 Å². The quantitative estimate of drug-likeness (QED) is 0.645. The lowest BCUT2D eigenvalue weighted by Crippen LogP contribution is -2.22. The van der Waals surface area contributed by atoms with Gasteiger partial charge in [-0.3, -0.25) is 0 Å². The van der Waals surface area contributed by atoms with Crippen LogP contribution in [0.4, 0.5) is 0 Å². The summed E-state index contributed by atoms with van der Waals surface area (Å²) in [6.07, 6.45) is 4.84. The van der Waals surface area contributed by atoms with Gasteiger partial charge in [0.1, 0.15) is 0 Å². The summed E-state index contributed by atoms with van der Waals surface area (Å²) in [5.41, 5.74) is 0. The summed E-state index contributed by atoms with van der Waals surface area (Å²) >= 11 is 0. The van der Waals surface area contributed by atoms with E-state index in [1.54, 1.807) is 6.92 Å². The lowest BCUT2D eigenvalue weighted by molar-refractivity contribution is -0.0106. The van der Waals surface area contributed by atoms with E-state index >= 15 is 0 Å². The van der Waals surface area contributed by atoms with E-state index in [0.717, 1.165) is 13.0 Å². The normalized spacial score (nSPS) is 22.2. The van der Waals surface area contributed by atoms with Gasteiger partial charge in [-0.1, -0.05) is 0 Å². The second-order valence-electron chi connectivity index (χ2n) is 3.06. The van der Waals surface area contributed by atoms with Gasteiger partial charge in [-0.15, -0.1) is 0 Å². The summed E-state index contributed by atoms with van der Waals surface area (Å²) in [7, 11) is 0. The number of aliphatic hydroxyl groups excluding tert-OH is 1. The Morgan fingerprint density at radius 1 is 1.60 bits per heavy atom. The van der Waals surface area contributed by atoms with Crippen LogP contribution in [0, 0.1) is 0 Å². The molecule has 1 aliphatic carbocycles. The highest BCUT2D eigenvalue weighted by Crippen LogP contribution is 2.21. The van der Waals surface area contributed by atoms with Gasteiger partial charge in [-0.05, 0) is 32.6 Å². The molecule has 1 atom stereocenters. The molecule has 1 aliphatic rings. The van der Waals surface area contributed by atoms with Crippen molar-refractivity contribution in [3.05, 3.63) is 0 Å². The number of rotatable bonds is 4. The Balaban J connectivity index is 1.85. The molecule has 0 radical (unpaired) electrons. The molecule has 2 nitrogen and oxygen atoms in total. The van der Waals surface area contributed by atoms with E-state index in [1.807, 2.05) is 0 Å². The molecule has 1 fully saturated rings. The molecule has 0 aromatic carbocycles. The van der Waals surface area contributed by atoms with Crippen LogP contribution in [-0.4, -0.2) is 23.9 Å². The first kappa shape index (κ1) is 8.02. The fourth-order valence-corrected chi connectivity index (χ4v) is 0.943. The van der Waals surface area contributed by atoms with Crippen molar-refractivity contribution >= 4 is 0 Å². The van der Waals surface area contributed by atoms with Crippen LogP contribution in [0.15, 0.2) is 0 Å². The van der Waals surface area contributed by atoms with Crippen molar-refractivity contribution in [2.24, 2.45) is 0 Å². The van der Waals surface area contributed by atoms with E-state index in [-0.39, 0.29) is 6.10 Å². The summed E-state index contributed by atoms with van der Waals surface area (Å²) in [4.78, 5) is 0. The van der Waals surface area contributed by atoms with Gasteiger partial charge < -0.3 is 9.84 Å². The first-order valence-corrected chi connectivity index (χ1v) is 4.08. The zero-order chi connectivity index (χ0) is 7.40. The Morgan fingerprint density at radius 2 is 2.30 bits per heavy atom. The fraction of sp³-hybridized carbons (Fsp3) is 1.00. The van der Waals surface area contributed by atoms with Crippen molar-refractivity contribution in [2.75, 3.05) is 6.61 Å². The minimum absolute atomic E-state index is 0.208. The molecule has 0 aromatic heterocycles. The minimum Gasteiger partial charge on any atom is -0.393 e. The Hall–Kier alpha value is -0.0800. The average Bonchev–Trinajstić information content (AvgIpc) is 1.75. The summed E-state index contributed by atoms with van der Waals surface area (Å²) in [6.45, 7) is 2.52. The van der Waals surface area contributed by atoms with Crippen molar-refractivity contribution in [1.29, 1.82) is 0 Å². The van der Waals surface area contributed by atoms with Crippen LogP contribution >= 0.6 is 0 Å².